The van der Waals surface area contributed by atoms with E-state index >= 15 is 0 Å². The highest BCUT2D eigenvalue weighted by Crippen LogP contribution is 2.29. The second-order valence-corrected chi connectivity index (χ2v) is 6.43. The molecule has 0 bridgehead atoms. The molecule has 2 aromatic carbocycles. The molecule has 10 heteroatoms. The van der Waals surface area contributed by atoms with E-state index in [1.807, 2.05) is 0 Å². The van der Waals surface area contributed by atoms with E-state index in [1.54, 1.807) is 0 Å². The Morgan fingerprint density at radius 3 is 2.28 bits per heavy atom. The summed E-state index contributed by atoms with van der Waals surface area (Å²) in [5, 5.41) is 0. The summed E-state index contributed by atoms with van der Waals surface area (Å²) in [5.74, 6) is -0.960. The highest BCUT2D eigenvalue weighted by atomic mass is 32.2. The third-order valence-corrected chi connectivity index (χ3v) is 4.34. The standard InChI is InChI=1S/C15H13F4NO4S/c16-11-5-7-12(8-6-11)23-10-9-20-25(21,22)14-4-2-1-3-13(14)24-15(17,18)19/h1-8,20H,9-10H2. The summed E-state index contributed by atoms with van der Waals surface area (Å²) in [4.78, 5) is -0.644. The van der Waals surface area contributed by atoms with Crippen molar-refractivity contribution in [1.29, 1.82) is 0 Å². The molecule has 25 heavy (non-hydrogen) atoms. The number of nitrogens with one attached hydrogen (secondary N) is 1. The van der Waals surface area contributed by atoms with Gasteiger partial charge in [0.2, 0.25) is 10.0 Å². The second-order valence-electron chi connectivity index (χ2n) is 4.69. The maximum Gasteiger partial charge on any atom is 0.573 e. The summed E-state index contributed by atoms with van der Waals surface area (Å²) in [6.45, 7) is -0.312. The van der Waals surface area contributed by atoms with Crippen molar-refractivity contribution in [3.63, 3.8) is 0 Å². The van der Waals surface area contributed by atoms with E-state index in [0.29, 0.717) is 5.75 Å². The molecule has 2 rings (SSSR count). The molecule has 0 fully saturated rings. The summed E-state index contributed by atoms with van der Waals surface area (Å²) in [6.07, 6.45) is -5.02. The molecule has 0 aliphatic carbocycles. The van der Waals surface area contributed by atoms with Crippen molar-refractivity contribution in [2.45, 2.75) is 11.3 Å². The molecular formula is C15H13F4NO4S. The number of hydrogen-bond acceptors (Lipinski definition) is 4. The second kappa shape index (κ2) is 7.70. The van der Waals surface area contributed by atoms with Gasteiger partial charge in [0, 0.05) is 6.54 Å². The molecular weight excluding hydrogens is 366 g/mol. The molecule has 0 heterocycles. The van der Waals surface area contributed by atoms with Crippen LogP contribution in [0.1, 0.15) is 0 Å². The van der Waals surface area contributed by atoms with Crippen molar-refractivity contribution in [3.05, 3.63) is 54.3 Å². The fourth-order valence-corrected chi connectivity index (χ4v) is 2.97. The van der Waals surface area contributed by atoms with Crippen molar-refractivity contribution in [2.75, 3.05) is 13.2 Å². The van der Waals surface area contributed by atoms with Gasteiger partial charge < -0.3 is 9.47 Å². The van der Waals surface area contributed by atoms with Gasteiger partial charge in [0.05, 0.1) is 0 Å². The minimum absolute atomic E-state index is 0.104. The van der Waals surface area contributed by atoms with Crippen molar-refractivity contribution in [3.8, 4) is 11.5 Å². The molecule has 0 radical (unpaired) electrons. The Hall–Kier alpha value is -2.33. The maximum absolute atomic E-state index is 12.7. The lowest BCUT2D eigenvalue weighted by molar-refractivity contribution is -0.275. The topological polar surface area (TPSA) is 64.6 Å². The van der Waals surface area contributed by atoms with Crippen LogP contribution in [0.15, 0.2) is 53.4 Å². The molecule has 0 amide bonds. The molecule has 1 N–H and O–H groups in total. The van der Waals surface area contributed by atoms with E-state index in [9.17, 15) is 26.0 Å². The fraction of sp³-hybridized carbons (Fsp3) is 0.200. The van der Waals surface area contributed by atoms with E-state index in [1.165, 1.54) is 36.4 Å². The van der Waals surface area contributed by atoms with Crippen molar-refractivity contribution in [1.82, 2.24) is 4.72 Å². The normalized spacial score (nSPS) is 12.0. The Morgan fingerprint density at radius 2 is 1.64 bits per heavy atom. The number of sulfonamides is 1. The first-order chi connectivity index (χ1) is 11.7. The smallest absolute Gasteiger partial charge is 0.492 e. The van der Waals surface area contributed by atoms with Crippen LogP contribution in [0.25, 0.3) is 0 Å². The lowest BCUT2D eigenvalue weighted by Crippen LogP contribution is -2.29. The monoisotopic (exact) mass is 379 g/mol. The molecule has 0 saturated carbocycles. The van der Waals surface area contributed by atoms with Gasteiger partial charge in [-0.25, -0.2) is 17.5 Å². The van der Waals surface area contributed by atoms with Crippen LogP contribution < -0.4 is 14.2 Å². The first-order valence-electron chi connectivity index (χ1n) is 6.90. The van der Waals surface area contributed by atoms with Crippen LogP contribution in [0.3, 0.4) is 0 Å². The predicted octanol–water partition coefficient (Wildman–Crippen LogP) is 3.08. The Kier molecular flexibility index (Phi) is 5.85. The highest BCUT2D eigenvalue weighted by Gasteiger charge is 2.33. The zero-order valence-corrected chi connectivity index (χ0v) is 13.4. The molecule has 0 atom stereocenters. The number of benzene rings is 2. The average Bonchev–Trinajstić information content (AvgIpc) is 2.52. The summed E-state index contributed by atoms with van der Waals surface area (Å²) in [7, 11) is -4.24. The van der Waals surface area contributed by atoms with E-state index in [-0.39, 0.29) is 13.2 Å². The lowest BCUT2D eigenvalue weighted by Gasteiger charge is -2.14. The Morgan fingerprint density at radius 1 is 1.00 bits per heavy atom. The first-order valence-corrected chi connectivity index (χ1v) is 8.38. The summed E-state index contributed by atoms with van der Waals surface area (Å²) in [6, 6.07) is 9.44. The molecule has 136 valence electrons. The van der Waals surface area contributed by atoms with Crippen molar-refractivity contribution in [2.24, 2.45) is 0 Å². The summed E-state index contributed by atoms with van der Waals surface area (Å²) >= 11 is 0. The molecule has 2 aromatic rings. The van der Waals surface area contributed by atoms with Gasteiger partial charge in [0.25, 0.3) is 0 Å². The van der Waals surface area contributed by atoms with Crippen LogP contribution in [-0.2, 0) is 10.0 Å². The van der Waals surface area contributed by atoms with Gasteiger partial charge in [-0.05, 0) is 36.4 Å². The minimum atomic E-state index is -5.02. The number of hydrogen-bond donors (Lipinski definition) is 1. The lowest BCUT2D eigenvalue weighted by atomic mass is 10.3. The van der Waals surface area contributed by atoms with Crippen LogP contribution in [0.2, 0.25) is 0 Å². The molecule has 0 unspecified atom stereocenters. The SMILES string of the molecule is O=S(=O)(NCCOc1ccc(F)cc1)c1ccccc1OC(F)(F)F. The summed E-state index contributed by atoms with van der Waals surface area (Å²) in [5.41, 5.74) is 0. The third kappa shape index (κ3) is 5.91. The van der Waals surface area contributed by atoms with Gasteiger partial charge in [-0.15, -0.1) is 13.2 Å². The minimum Gasteiger partial charge on any atom is -0.492 e. The predicted molar refractivity (Wildman–Crippen MR) is 80.2 cm³/mol. The Labute approximate surface area is 141 Å². The molecule has 0 spiro atoms. The molecule has 0 aliphatic rings. The van der Waals surface area contributed by atoms with Gasteiger partial charge in [-0.3, -0.25) is 0 Å². The van der Waals surface area contributed by atoms with E-state index in [2.05, 4.69) is 9.46 Å². The molecule has 0 aliphatic heterocycles. The van der Waals surface area contributed by atoms with Gasteiger partial charge in [0.15, 0.2) is 0 Å². The third-order valence-electron chi connectivity index (χ3n) is 2.84. The zero-order chi connectivity index (χ0) is 18.5. The van der Waals surface area contributed by atoms with Crippen LogP contribution in [0.5, 0.6) is 11.5 Å². The molecule has 0 aromatic heterocycles. The zero-order valence-electron chi connectivity index (χ0n) is 12.6. The number of ether oxygens (including phenoxy) is 2. The van der Waals surface area contributed by atoms with Gasteiger partial charge >= 0.3 is 6.36 Å². The number of rotatable bonds is 7. The van der Waals surface area contributed by atoms with Crippen LogP contribution in [0.4, 0.5) is 17.6 Å². The first kappa shape index (κ1) is 19.0. The van der Waals surface area contributed by atoms with Gasteiger partial charge in [0.1, 0.15) is 28.8 Å². The van der Waals surface area contributed by atoms with Crippen molar-refractivity contribution < 1.29 is 35.5 Å². The Balaban J connectivity index is 1.98. The van der Waals surface area contributed by atoms with Crippen LogP contribution >= 0.6 is 0 Å². The maximum atomic E-state index is 12.7. The van der Waals surface area contributed by atoms with Crippen LogP contribution in [-0.4, -0.2) is 27.9 Å². The van der Waals surface area contributed by atoms with Crippen molar-refractivity contribution >= 4 is 10.0 Å². The van der Waals surface area contributed by atoms with E-state index in [4.69, 9.17) is 4.74 Å². The average molecular weight is 379 g/mol. The van der Waals surface area contributed by atoms with Gasteiger partial charge in [-0.2, -0.15) is 0 Å². The Bertz CT molecular complexity index is 807. The fourth-order valence-electron chi connectivity index (χ4n) is 1.83. The summed E-state index contributed by atoms with van der Waals surface area (Å²) < 4.78 is 85.1. The highest BCUT2D eigenvalue weighted by molar-refractivity contribution is 7.89. The van der Waals surface area contributed by atoms with E-state index in [0.717, 1.165) is 12.1 Å². The quantitative estimate of drug-likeness (QED) is 0.593. The number of halogens is 4. The number of para-hydroxylation sites is 1. The molecule has 5 nitrogen and oxygen atoms in total. The van der Waals surface area contributed by atoms with Gasteiger partial charge in [-0.1, -0.05) is 12.1 Å². The van der Waals surface area contributed by atoms with Crippen LogP contribution in [0, 0.1) is 5.82 Å². The largest absolute Gasteiger partial charge is 0.573 e. The van der Waals surface area contributed by atoms with E-state index < -0.39 is 32.8 Å². The molecule has 0 saturated heterocycles. The number of alkyl halides is 3.